The highest BCUT2D eigenvalue weighted by Gasteiger charge is 2.43. The number of nitrogens with one attached hydrogen (secondary N) is 4. The summed E-state index contributed by atoms with van der Waals surface area (Å²) in [5.74, 6) is -1.12. The van der Waals surface area contributed by atoms with Gasteiger partial charge in [-0.1, -0.05) is 42.5 Å². The first-order valence-electron chi connectivity index (χ1n) is 14.3. The molecule has 0 aliphatic heterocycles. The molecule has 228 valence electrons. The van der Waals surface area contributed by atoms with Gasteiger partial charge in [0.1, 0.15) is 11.3 Å². The summed E-state index contributed by atoms with van der Waals surface area (Å²) in [7, 11) is 0. The van der Waals surface area contributed by atoms with Crippen LogP contribution in [-0.2, 0) is 29.0 Å². The fourth-order valence-electron chi connectivity index (χ4n) is 5.30. The predicted molar refractivity (Wildman–Crippen MR) is 167 cm³/mol. The summed E-state index contributed by atoms with van der Waals surface area (Å²) in [6.45, 7) is 3.59. The van der Waals surface area contributed by atoms with Crippen LogP contribution in [-0.4, -0.2) is 58.8 Å². The molecule has 1 unspecified atom stereocenters. The van der Waals surface area contributed by atoms with Crippen molar-refractivity contribution in [2.24, 2.45) is 0 Å². The second kappa shape index (κ2) is 14.9. The van der Waals surface area contributed by atoms with Gasteiger partial charge in [-0.2, -0.15) is 0 Å². The number of anilines is 1. The van der Waals surface area contributed by atoms with Gasteiger partial charge in [0.05, 0.1) is 16.7 Å². The standard InChI is InChI=1S/C32H38N4O6S/c1-2-7-25-24(11-12-26(38)29(25)35-20-37)27(39)19-33-14-5-6-15-34-30(40)28-13-10-23(43-28)18-36-32(31(41)42)16-21-8-3-4-9-22(21)17-32/h2-4,7-13,20,27,33,36,38-39H,5-6,14-19H2,1H3,(H,34,40)(H,35,37)(H,41,42)/b7-2-. The average molecular weight is 607 g/mol. The lowest BCUT2D eigenvalue weighted by Crippen LogP contribution is -2.52. The van der Waals surface area contributed by atoms with Crippen molar-refractivity contribution in [3.05, 3.63) is 86.6 Å². The maximum Gasteiger partial charge on any atom is 0.324 e. The van der Waals surface area contributed by atoms with Crippen molar-refractivity contribution in [1.82, 2.24) is 16.0 Å². The van der Waals surface area contributed by atoms with Crippen LogP contribution in [0.3, 0.4) is 0 Å². The van der Waals surface area contributed by atoms with Crippen LogP contribution in [0, 0.1) is 0 Å². The minimum atomic E-state index is -1.05. The molecule has 1 heterocycles. The highest BCUT2D eigenvalue weighted by molar-refractivity contribution is 7.14. The van der Waals surface area contributed by atoms with Gasteiger partial charge in [0.2, 0.25) is 6.41 Å². The number of carboxylic acid groups (broad SMARTS) is 1. The molecule has 2 aromatic carbocycles. The van der Waals surface area contributed by atoms with E-state index in [1.807, 2.05) is 37.3 Å². The number of carbonyl (C=O) groups is 3. The Hall–Kier alpha value is -4.03. The van der Waals surface area contributed by atoms with E-state index in [9.17, 15) is 29.7 Å². The number of aliphatic hydroxyl groups excluding tert-OH is 1. The Bertz CT molecular complexity index is 1440. The lowest BCUT2D eigenvalue weighted by molar-refractivity contribution is -0.144. The molecule has 0 radical (unpaired) electrons. The number of rotatable bonds is 16. The number of allylic oxidation sites excluding steroid dienone is 1. The van der Waals surface area contributed by atoms with Gasteiger partial charge in [-0.25, -0.2) is 0 Å². The zero-order valence-electron chi connectivity index (χ0n) is 24.1. The molecular formula is C32H38N4O6S. The lowest BCUT2D eigenvalue weighted by Gasteiger charge is -2.25. The van der Waals surface area contributed by atoms with Crippen LogP contribution in [0.5, 0.6) is 5.75 Å². The molecule has 7 N–H and O–H groups in total. The van der Waals surface area contributed by atoms with Crippen molar-refractivity contribution in [1.29, 1.82) is 0 Å². The number of unbranched alkanes of at least 4 members (excludes halogenated alkanes) is 1. The number of aliphatic hydroxyl groups is 1. The monoisotopic (exact) mass is 606 g/mol. The smallest absolute Gasteiger partial charge is 0.324 e. The van der Waals surface area contributed by atoms with Crippen molar-refractivity contribution >= 4 is 41.4 Å². The molecule has 3 aromatic rings. The van der Waals surface area contributed by atoms with Gasteiger partial charge in [-0.15, -0.1) is 11.3 Å². The van der Waals surface area contributed by atoms with Gasteiger partial charge >= 0.3 is 5.97 Å². The summed E-state index contributed by atoms with van der Waals surface area (Å²) in [6, 6.07) is 14.5. The maximum atomic E-state index is 12.6. The third-order valence-corrected chi connectivity index (χ3v) is 8.64. The second-order valence-electron chi connectivity index (χ2n) is 10.5. The SMILES string of the molecule is C/C=C\c1c(C(O)CNCCCCNC(=O)c2ccc(CNC3(C(=O)O)Cc4ccccc4C3)s2)ccc(O)c1NC=O. The molecular weight excluding hydrogens is 568 g/mol. The van der Waals surface area contributed by atoms with Crippen molar-refractivity contribution in [3.63, 3.8) is 0 Å². The Morgan fingerprint density at radius 1 is 1.05 bits per heavy atom. The first-order valence-corrected chi connectivity index (χ1v) is 15.1. The fourth-order valence-corrected chi connectivity index (χ4v) is 6.17. The lowest BCUT2D eigenvalue weighted by atomic mass is 9.96. The number of amides is 2. The molecule has 1 aromatic heterocycles. The quantitative estimate of drug-likeness (QED) is 0.0740. The molecule has 1 aliphatic rings. The number of thiophene rings is 1. The van der Waals surface area contributed by atoms with Crippen LogP contribution >= 0.6 is 11.3 Å². The molecule has 0 saturated heterocycles. The minimum absolute atomic E-state index is 0.0800. The average Bonchev–Trinajstić information content (AvgIpc) is 3.63. The number of aromatic hydroxyl groups is 1. The van der Waals surface area contributed by atoms with E-state index in [1.54, 1.807) is 24.3 Å². The number of fused-ring (bicyclic) bond motifs is 1. The number of phenolic OH excluding ortho intramolecular Hbond substituents is 1. The number of phenols is 1. The molecule has 0 bridgehead atoms. The number of benzene rings is 2. The summed E-state index contributed by atoms with van der Waals surface area (Å²) < 4.78 is 0. The molecule has 4 rings (SSSR count). The van der Waals surface area contributed by atoms with Gasteiger partial charge < -0.3 is 31.3 Å². The van der Waals surface area contributed by atoms with E-state index < -0.39 is 17.6 Å². The van der Waals surface area contributed by atoms with Crippen molar-refractivity contribution in [2.45, 2.75) is 50.8 Å². The van der Waals surface area contributed by atoms with Crippen molar-refractivity contribution in [2.75, 3.05) is 25.0 Å². The predicted octanol–water partition coefficient (Wildman–Crippen LogP) is 3.60. The first-order chi connectivity index (χ1) is 20.8. The number of aliphatic carboxylic acids is 1. The highest BCUT2D eigenvalue weighted by Crippen LogP contribution is 2.34. The van der Waals surface area contributed by atoms with E-state index in [-0.39, 0.29) is 23.9 Å². The Labute approximate surface area is 254 Å². The second-order valence-corrected chi connectivity index (χ2v) is 11.7. The molecule has 1 atom stereocenters. The molecule has 2 amide bonds. The Balaban J connectivity index is 1.17. The summed E-state index contributed by atoms with van der Waals surface area (Å²) in [6.07, 6.45) is 5.50. The molecule has 0 saturated carbocycles. The van der Waals surface area contributed by atoms with Crippen LogP contribution in [0.25, 0.3) is 6.08 Å². The Morgan fingerprint density at radius 3 is 2.44 bits per heavy atom. The number of carboxylic acids is 1. The molecule has 10 nitrogen and oxygen atoms in total. The van der Waals surface area contributed by atoms with Crippen LogP contribution < -0.4 is 21.3 Å². The normalized spacial score (nSPS) is 14.4. The van der Waals surface area contributed by atoms with E-state index in [0.29, 0.717) is 54.9 Å². The topological polar surface area (TPSA) is 160 Å². The van der Waals surface area contributed by atoms with Crippen LogP contribution in [0.4, 0.5) is 5.69 Å². The third-order valence-electron chi connectivity index (χ3n) is 7.56. The number of hydrogen-bond acceptors (Lipinski definition) is 8. The molecule has 0 fully saturated rings. The van der Waals surface area contributed by atoms with Crippen LogP contribution in [0.1, 0.15) is 62.7 Å². The summed E-state index contributed by atoms with van der Waals surface area (Å²) in [5.41, 5.74) is 2.43. The first kappa shape index (κ1) is 31.9. The Morgan fingerprint density at radius 2 is 1.77 bits per heavy atom. The number of hydrogen-bond donors (Lipinski definition) is 7. The third kappa shape index (κ3) is 7.88. The fraction of sp³-hybridized carbons (Fsp3) is 0.344. The molecule has 43 heavy (non-hydrogen) atoms. The summed E-state index contributed by atoms with van der Waals surface area (Å²) in [4.78, 5) is 37.2. The minimum Gasteiger partial charge on any atom is -0.506 e. The number of carbonyl (C=O) groups excluding carboxylic acids is 2. The van der Waals surface area contributed by atoms with Gasteiger partial charge in [-0.05, 0) is 61.2 Å². The summed E-state index contributed by atoms with van der Waals surface area (Å²) >= 11 is 1.35. The largest absolute Gasteiger partial charge is 0.506 e. The highest BCUT2D eigenvalue weighted by atomic mass is 32.1. The van der Waals surface area contributed by atoms with E-state index in [4.69, 9.17) is 0 Å². The van der Waals surface area contributed by atoms with Crippen molar-refractivity contribution in [3.8, 4) is 5.75 Å². The molecule has 0 spiro atoms. The summed E-state index contributed by atoms with van der Waals surface area (Å²) in [5, 5.41) is 42.6. The van der Waals surface area contributed by atoms with E-state index >= 15 is 0 Å². The Kier molecular flexibility index (Phi) is 11.1. The van der Waals surface area contributed by atoms with Crippen molar-refractivity contribution < 1.29 is 29.7 Å². The zero-order valence-corrected chi connectivity index (χ0v) is 24.9. The van der Waals surface area contributed by atoms with E-state index in [2.05, 4.69) is 21.3 Å². The van der Waals surface area contributed by atoms with E-state index in [1.165, 1.54) is 17.4 Å². The zero-order chi connectivity index (χ0) is 30.8. The molecule has 1 aliphatic carbocycles. The van der Waals surface area contributed by atoms with Gasteiger partial charge in [0, 0.05) is 42.9 Å². The van der Waals surface area contributed by atoms with Gasteiger partial charge in [0.15, 0.2) is 0 Å². The maximum absolute atomic E-state index is 12.6. The van der Waals surface area contributed by atoms with Crippen LogP contribution in [0.2, 0.25) is 0 Å². The van der Waals surface area contributed by atoms with Crippen LogP contribution in [0.15, 0.2) is 54.6 Å². The molecule has 11 heteroatoms. The van der Waals surface area contributed by atoms with Gasteiger partial charge in [0.25, 0.3) is 5.91 Å². The van der Waals surface area contributed by atoms with E-state index in [0.717, 1.165) is 28.8 Å². The van der Waals surface area contributed by atoms with Gasteiger partial charge in [-0.3, -0.25) is 19.7 Å².